The lowest BCUT2D eigenvalue weighted by atomic mass is 10.4. The zero-order valence-electron chi connectivity index (χ0n) is 10.6. The van der Waals surface area contributed by atoms with Crippen molar-refractivity contribution in [3.05, 3.63) is 22.2 Å². The largest absolute Gasteiger partial charge is 0.373 e. The zero-order chi connectivity index (χ0) is 14.1. The molecule has 1 aliphatic rings. The summed E-state index contributed by atoms with van der Waals surface area (Å²) >= 11 is 1.22. The molecule has 0 bridgehead atoms. The van der Waals surface area contributed by atoms with Gasteiger partial charge in [-0.3, -0.25) is 10.1 Å². The Hall–Kier alpha value is -2.23. The number of aromatic nitrogens is 5. The van der Waals surface area contributed by atoms with E-state index in [0.29, 0.717) is 22.0 Å². The molecule has 0 aliphatic heterocycles. The second-order valence-corrected chi connectivity index (χ2v) is 5.28. The molecule has 0 aromatic carbocycles. The van der Waals surface area contributed by atoms with Gasteiger partial charge in [0.25, 0.3) is 5.69 Å². The number of pyridine rings is 1. The molecule has 1 fully saturated rings. The minimum atomic E-state index is -0.448. The summed E-state index contributed by atoms with van der Waals surface area (Å²) in [5.41, 5.74) is -0.0164. The number of nitrogens with zero attached hydrogens (tertiary/aromatic N) is 6. The van der Waals surface area contributed by atoms with Gasteiger partial charge in [0, 0.05) is 13.1 Å². The Morgan fingerprint density at radius 1 is 1.50 bits per heavy atom. The fourth-order valence-corrected chi connectivity index (χ4v) is 2.54. The van der Waals surface area contributed by atoms with Gasteiger partial charge in [-0.15, -0.1) is 5.10 Å². The third kappa shape index (κ3) is 2.54. The molecule has 10 heteroatoms. The Bertz CT molecular complexity index is 655. The van der Waals surface area contributed by atoms with E-state index in [0.717, 1.165) is 12.8 Å². The summed E-state index contributed by atoms with van der Waals surface area (Å²) in [5, 5.41) is 26.3. The third-order valence-electron chi connectivity index (χ3n) is 2.80. The van der Waals surface area contributed by atoms with Crippen molar-refractivity contribution in [3.63, 3.8) is 0 Å². The molecule has 2 heterocycles. The molecule has 0 saturated heterocycles. The molecular formula is C10H11N7O2S. The maximum absolute atomic E-state index is 10.9. The van der Waals surface area contributed by atoms with E-state index in [9.17, 15) is 10.1 Å². The zero-order valence-corrected chi connectivity index (χ0v) is 11.4. The van der Waals surface area contributed by atoms with E-state index < -0.39 is 4.92 Å². The number of rotatable bonds is 5. The van der Waals surface area contributed by atoms with Crippen molar-refractivity contribution >= 4 is 23.3 Å². The molecule has 0 atom stereocenters. The van der Waals surface area contributed by atoms with Gasteiger partial charge in [0.05, 0.1) is 17.0 Å². The first-order chi connectivity index (χ1) is 9.67. The Labute approximate surface area is 117 Å². The summed E-state index contributed by atoms with van der Waals surface area (Å²) in [6.07, 6.45) is 2.12. The first-order valence-electron chi connectivity index (χ1n) is 5.97. The average molecular weight is 293 g/mol. The molecule has 2 aromatic heterocycles. The molecule has 9 nitrogen and oxygen atoms in total. The Balaban J connectivity index is 1.91. The van der Waals surface area contributed by atoms with Gasteiger partial charge < -0.3 is 5.32 Å². The molecule has 1 aliphatic carbocycles. The molecule has 20 heavy (non-hydrogen) atoms. The molecule has 0 spiro atoms. The minimum absolute atomic E-state index is 0.0164. The van der Waals surface area contributed by atoms with Crippen molar-refractivity contribution < 1.29 is 4.92 Å². The van der Waals surface area contributed by atoms with Crippen LogP contribution in [-0.4, -0.2) is 37.2 Å². The first kappa shape index (κ1) is 12.8. The highest BCUT2D eigenvalue weighted by Gasteiger charge is 2.28. The van der Waals surface area contributed by atoms with Gasteiger partial charge in [-0.25, -0.2) is 9.67 Å². The summed E-state index contributed by atoms with van der Waals surface area (Å²) in [7, 11) is 1.66. The van der Waals surface area contributed by atoms with Crippen molar-refractivity contribution in [3.8, 4) is 0 Å². The monoisotopic (exact) mass is 293 g/mol. The van der Waals surface area contributed by atoms with Gasteiger partial charge in [-0.2, -0.15) is 0 Å². The highest BCUT2D eigenvalue weighted by Crippen LogP contribution is 2.38. The molecule has 0 unspecified atom stereocenters. The highest BCUT2D eigenvalue weighted by atomic mass is 32.2. The van der Waals surface area contributed by atoms with Crippen LogP contribution in [-0.2, 0) is 0 Å². The Morgan fingerprint density at radius 3 is 2.95 bits per heavy atom. The Morgan fingerprint density at radius 2 is 2.30 bits per heavy atom. The molecule has 104 valence electrons. The van der Waals surface area contributed by atoms with Gasteiger partial charge in [-0.05, 0) is 35.0 Å². The van der Waals surface area contributed by atoms with Gasteiger partial charge in [0.15, 0.2) is 0 Å². The lowest BCUT2D eigenvalue weighted by Crippen LogP contribution is -2.00. The molecular weight excluding hydrogens is 282 g/mol. The fourth-order valence-electron chi connectivity index (χ4n) is 1.67. The maximum Gasteiger partial charge on any atom is 0.275 e. The van der Waals surface area contributed by atoms with Crippen molar-refractivity contribution in [1.29, 1.82) is 0 Å². The van der Waals surface area contributed by atoms with E-state index in [1.807, 2.05) is 0 Å². The molecule has 0 amide bonds. The molecule has 0 radical (unpaired) electrons. The maximum atomic E-state index is 10.9. The minimum Gasteiger partial charge on any atom is -0.373 e. The second-order valence-electron chi connectivity index (χ2n) is 4.30. The van der Waals surface area contributed by atoms with Gasteiger partial charge in [0.2, 0.25) is 5.16 Å². The van der Waals surface area contributed by atoms with Crippen molar-refractivity contribution in [2.24, 2.45) is 0 Å². The number of hydrogen-bond donors (Lipinski definition) is 1. The van der Waals surface area contributed by atoms with E-state index in [1.54, 1.807) is 11.7 Å². The summed E-state index contributed by atoms with van der Waals surface area (Å²) in [6.45, 7) is 0. The second kappa shape index (κ2) is 5.04. The van der Waals surface area contributed by atoms with Crippen LogP contribution in [0, 0.1) is 10.1 Å². The summed E-state index contributed by atoms with van der Waals surface area (Å²) in [5.74, 6) is 0.437. The van der Waals surface area contributed by atoms with Crippen LogP contribution in [0.15, 0.2) is 22.3 Å². The molecule has 1 N–H and O–H groups in total. The molecule has 3 rings (SSSR count). The van der Waals surface area contributed by atoms with Crippen LogP contribution in [0.5, 0.6) is 0 Å². The van der Waals surface area contributed by atoms with Crippen LogP contribution in [0.2, 0.25) is 0 Å². The first-order valence-corrected chi connectivity index (χ1v) is 6.79. The standard InChI is InChI=1S/C10H11N7O2S/c1-11-8-4-7(17(18)19)5-9(12-8)20-10-13-14-15-16(10)6-2-3-6/h4-6H,2-3H2,1H3,(H,11,12). The Kier molecular flexibility index (Phi) is 3.22. The number of nitrogens with one attached hydrogen (secondary N) is 1. The average Bonchev–Trinajstić information content (AvgIpc) is 3.19. The van der Waals surface area contributed by atoms with E-state index in [-0.39, 0.29) is 5.69 Å². The fraction of sp³-hybridized carbons (Fsp3) is 0.400. The van der Waals surface area contributed by atoms with Crippen LogP contribution in [0.1, 0.15) is 18.9 Å². The van der Waals surface area contributed by atoms with E-state index in [2.05, 4.69) is 25.8 Å². The summed E-state index contributed by atoms with van der Waals surface area (Å²) in [4.78, 5) is 14.7. The van der Waals surface area contributed by atoms with Crippen LogP contribution >= 0.6 is 11.8 Å². The highest BCUT2D eigenvalue weighted by molar-refractivity contribution is 7.99. The van der Waals surface area contributed by atoms with E-state index in [1.165, 1.54) is 23.9 Å². The SMILES string of the molecule is CNc1cc([N+](=O)[O-])cc(Sc2nnnn2C2CC2)n1. The van der Waals surface area contributed by atoms with Gasteiger partial charge in [-0.1, -0.05) is 0 Å². The lowest BCUT2D eigenvalue weighted by molar-refractivity contribution is -0.385. The van der Waals surface area contributed by atoms with E-state index >= 15 is 0 Å². The van der Waals surface area contributed by atoms with Crippen LogP contribution in [0.4, 0.5) is 11.5 Å². The van der Waals surface area contributed by atoms with Crippen molar-refractivity contribution in [2.45, 2.75) is 29.1 Å². The summed E-state index contributed by atoms with van der Waals surface area (Å²) < 4.78 is 1.74. The molecule has 1 saturated carbocycles. The predicted octanol–water partition coefficient (Wildman–Crippen LogP) is 1.50. The number of tetrazole rings is 1. The van der Waals surface area contributed by atoms with Crippen LogP contribution < -0.4 is 5.32 Å². The van der Waals surface area contributed by atoms with Crippen LogP contribution in [0.25, 0.3) is 0 Å². The van der Waals surface area contributed by atoms with Gasteiger partial charge >= 0.3 is 0 Å². The third-order valence-corrected chi connectivity index (χ3v) is 3.67. The van der Waals surface area contributed by atoms with Crippen molar-refractivity contribution in [2.75, 3.05) is 12.4 Å². The van der Waals surface area contributed by atoms with Crippen molar-refractivity contribution in [1.82, 2.24) is 25.2 Å². The topological polar surface area (TPSA) is 112 Å². The summed E-state index contributed by atoms with van der Waals surface area (Å²) in [6, 6.07) is 3.14. The number of hydrogen-bond acceptors (Lipinski definition) is 8. The smallest absolute Gasteiger partial charge is 0.275 e. The number of nitro groups is 1. The normalized spacial score (nSPS) is 14.2. The van der Waals surface area contributed by atoms with Crippen LogP contribution in [0.3, 0.4) is 0 Å². The van der Waals surface area contributed by atoms with E-state index in [4.69, 9.17) is 0 Å². The lowest BCUT2D eigenvalue weighted by Gasteiger charge is -2.04. The number of anilines is 1. The molecule has 2 aromatic rings. The van der Waals surface area contributed by atoms with Gasteiger partial charge in [0.1, 0.15) is 10.8 Å². The quantitative estimate of drug-likeness (QED) is 0.652. The predicted molar refractivity (Wildman–Crippen MR) is 70.6 cm³/mol.